The van der Waals surface area contributed by atoms with E-state index in [9.17, 15) is 0 Å². The fourth-order valence-corrected chi connectivity index (χ4v) is 3.95. The predicted octanol–water partition coefficient (Wildman–Crippen LogP) is 4.26. The lowest BCUT2D eigenvalue weighted by Gasteiger charge is -2.39. The smallest absolute Gasteiger partial charge is 0.0597 e. The van der Waals surface area contributed by atoms with E-state index in [1.54, 1.807) is 0 Å². The molecule has 0 aliphatic heterocycles. The molecule has 16 heavy (non-hydrogen) atoms. The van der Waals surface area contributed by atoms with Gasteiger partial charge < -0.3 is 4.74 Å². The molecule has 1 heteroatoms. The normalized spacial score (nSPS) is 45.6. The molecule has 2 fully saturated rings. The van der Waals surface area contributed by atoms with Crippen molar-refractivity contribution < 1.29 is 4.74 Å². The Hall–Kier alpha value is -0.0400. The van der Waals surface area contributed by atoms with Crippen molar-refractivity contribution in [1.29, 1.82) is 0 Å². The lowest BCUT2D eigenvalue weighted by molar-refractivity contribution is 0.000259. The zero-order valence-corrected chi connectivity index (χ0v) is 11.2. The van der Waals surface area contributed by atoms with E-state index >= 15 is 0 Å². The third-order valence-electron chi connectivity index (χ3n) is 5.16. The molecule has 2 aliphatic carbocycles. The Morgan fingerprint density at radius 3 is 2.00 bits per heavy atom. The highest BCUT2D eigenvalue weighted by Crippen LogP contribution is 2.41. The van der Waals surface area contributed by atoms with Gasteiger partial charge in [0.2, 0.25) is 0 Å². The summed E-state index contributed by atoms with van der Waals surface area (Å²) in [5.41, 5.74) is 0. The molecule has 2 aliphatic rings. The van der Waals surface area contributed by atoms with Crippen LogP contribution in [0.2, 0.25) is 0 Å². The molecule has 0 aromatic carbocycles. The van der Waals surface area contributed by atoms with E-state index in [-0.39, 0.29) is 0 Å². The standard InChI is InChI=1S/C15H28O/c1-11-4-6-13(7-5-11)14-8-9-15(16-3)12(2)10-14/h11-15H,4-10H2,1-3H3. The molecule has 2 saturated carbocycles. The van der Waals surface area contributed by atoms with Crippen molar-refractivity contribution in [1.82, 2.24) is 0 Å². The highest BCUT2D eigenvalue weighted by Gasteiger charge is 2.33. The molecular formula is C15H28O. The Kier molecular flexibility index (Phi) is 4.29. The second-order valence-corrected chi connectivity index (χ2v) is 6.34. The van der Waals surface area contributed by atoms with Crippen LogP contribution < -0.4 is 0 Å². The summed E-state index contributed by atoms with van der Waals surface area (Å²) < 4.78 is 5.56. The average molecular weight is 224 g/mol. The van der Waals surface area contributed by atoms with Gasteiger partial charge in [-0.15, -0.1) is 0 Å². The number of hydrogen-bond donors (Lipinski definition) is 0. The van der Waals surface area contributed by atoms with Crippen LogP contribution in [0.1, 0.15) is 58.8 Å². The minimum atomic E-state index is 0.541. The first-order valence-electron chi connectivity index (χ1n) is 7.23. The monoisotopic (exact) mass is 224 g/mol. The van der Waals surface area contributed by atoms with Crippen LogP contribution in [-0.2, 0) is 4.74 Å². The van der Waals surface area contributed by atoms with Crippen LogP contribution in [-0.4, -0.2) is 13.2 Å². The average Bonchev–Trinajstić information content (AvgIpc) is 2.30. The molecule has 0 aromatic heterocycles. The quantitative estimate of drug-likeness (QED) is 0.681. The van der Waals surface area contributed by atoms with E-state index in [4.69, 9.17) is 4.74 Å². The van der Waals surface area contributed by atoms with Crippen molar-refractivity contribution in [3.63, 3.8) is 0 Å². The maximum atomic E-state index is 5.56. The van der Waals surface area contributed by atoms with E-state index in [0.29, 0.717) is 6.10 Å². The molecule has 0 saturated heterocycles. The molecule has 0 amide bonds. The topological polar surface area (TPSA) is 9.23 Å². The van der Waals surface area contributed by atoms with Crippen LogP contribution in [0.3, 0.4) is 0 Å². The van der Waals surface area contributed by atoms with E-state index in [1.807, 2.05) is 7.11 Å². The number of rotatable bonds is 2. The third-order valence-corrected chi connectivity index (χ3v) is 5.16. The number of methoxy groups -OCH3 is 1. The lowest BCUT2D eigenvalue weighted by Crippen LogP contribution is -2.33. The predicted molar refractivity (Wildman–Crippen MR) is 68.4 cm³/mol. The molecule has 0 heterocycles. The highest BCUT2D eigenvalue weighted by atomic mass is 16.5. The van der Waals surface area contributed by atoms with Crippen LogP contribution in [0.15, 0.2) is 0 Å². The summed E-state index contributed by atoms with van der Waals surface area (Å²) in [6.45, 7) is 4.80. The number of hydrogen-bond acceptors (Lipinski definition) is 1. The van der Waals surface area contributed by atoms with Crippen molar-refractivity contribution in [3.8, 4) is 0 Å². The van der Waals surface area contributed by atoms with E-state index in [1.165, 1.54) is 44.9 Å². The van der Waals surface area contributed by atoms with Crippen molar-refractivity contribution >= 4 is 0 Å². The molecular weight excluding hydrogens is 196 g/mol. The SMILES string of the molecule is COC1CCC(C2CCC(C)CC2)CC1C. The maximum Gasteiger partial charge on any atom is 0.0597 e. The second kappa shape index (κ2) is 5.53. The van der Waals surface area contributed by atoms with Crippen LogP contribution in [0.25, 0.3) is 0 Å². The Labute approximate surface area is 101 Å². The van der Waals surface area contributed by atoms with Gasteiger partial charge in [-0.3, -0.25) is 0 Å². The lowest BCUT2D eigenvalue weighted by atomic mass is 9.68. The third kappa shape index (κ3) is 2.80. The maximum absolute atomic E-state index is 5.56. The summed E-state index contributed by atoms with van der Waals surface area (Å²) in [6, 6.07) is 0. The fourth-order valence-electron chi connectivity index (χ4n) is 3.95. The largest absolute Gasteiger partial charge is 0.381 e. The summed E-state index contributed by atoms with van der Waals surface area (Å²) in [6.07, 6.45) is 10.6. The van der Waals surface area contributed by atoms with Crippen LogP contribution in [0.4, 0.5) is 0 Å². The van der Waals surface area contributed by atoms with Crippen molar-refractivity contribution in [2.45, 2.75) is 64.9 Å². The molecule has 0 bridgehead atoms. The van der Waals surface area contributed by atoms with Crippen LogP contribution >= 0.6 is 0 Å². The van der Waals surface area contributed by atoms with Gasteiger partial charge in [-0.25, -0.2) is 0 Å². The Balaban J connectivity index is 1.83. The van der Waals surface area contributed by atoms with Gasteiger partial charge in [-0.05, 0) is 55.8 Å². The van der Waals surface area contributed by atoms with Gasteiger partial charge in [0.05, 0.1) is 6.10 Å². The van der Waals surface area contributed by atoms with Crippen LogP contribution in [0.5, 0.6) is 0 Å². The first kappa shape index (κ1) is 12.4. The molecule has 1 nitrogen and oxygen atoms in total. The van der Waals surface area contributed by atoms with Gasteiger partial charge in [0.25, 0.3) is 0 Å². The Morgan fingerprint density at radius 2 is 1.44 bits per heavy atom. The first-order valence-corrected chi connectivity index (χ1v) is 7.23. The molecule has 3 atom stereocenters. The summed E-state index contributed by atoms with van der Waals surface area (Å²) in [5, 5.41) is 0. The molecule has 0 spiro atoms. The highest BCUT2D eigenvalue weighted by molar-refractivity contribution is 4.84. The van der Waals surface area contributed by atoms with E-state index in [0.717, 1.165) is 23.7 Å². The molecule has 0 N–H and O–H groups in total. The van der Waals surface area contributed by atoms with Crippen LogP contribution in [0, 0.1) is 23.7 Å². The summed E-state index contributed by atoms with van der Waals surface area (Å²) in [7, 11) is 1.88. The van der Waals surface area contributed by atoms with Crippen molar-refractivity contribution in [2.24, 2.45) is 23.7 Å². The second-order valence-electron chi connectivity index (χ2n) is 6.34. The first-order chi connectivity index (χ1) is 7.70. The van der Waals surface area contributed by atoms with E-state index < -0.39 is 0 Å². The van der Waals surface area contributed by atoms with Gasteiger partial charge >= 0.3 is 0 Å². The summed E-state index contributed by atoms with van der Waals surface area (Å²) >= 11 is 0. The molecule has 0 radical (unpaired) electrons. The van der Waals surface area contributed by atoms with Gasteiger partial charge in [0.1, 0.15) is 0 Å². The summed E-state index contributed by atoms with van der Waals surface area (Å²) in [5.74, 6) is 3.82. The molecule has 3 unspecified atom stereocenters. The van der Waals surface area contributed by atoms with Gasteiger partial charge in [-0.2, -0.15) is 0 Å². The van der Waals surface area contributed by atoms with Crippen molar-refractivity contribution in [2.75, 3.05) is 7.11 Å². The molecule has 2 rings (SSSR count). The zero-order valence-electron chi connectivity index (χ0n) is 11.2. The van der Waals surface area contributed by atoms with Gasteiger partial charge in [0, 0.05) is 7.11 Å². The Bertz CT molecular complexity index is 205. The summed E-state index contributed by atoms with van der Waals surface area (Å²) in [4.78, 5) is 0. The minimum Gasteiger partial charge on any atom is -0.381 e. The van der Waals surface area contributed by atoms with E-state index in [2.05, 4.69) is 13.8 Å². The number of ether oxygens (including phenoxy) is 1. The van der Waals surface area contributed by atoms with Gasteiger partial charge in [-0.1, -0.05) is 26.7 Å². The molecule has 0 aromatic rings. The Morgan fingerprint density at radius 1 is 0.812 bits per heavy atom. The van der Waals surface area contributed by atoms with Crippen molar-refractivity contribution in [3.05, 3.63) is 0 Å². The molecule has 94 valence electrons. The fraction of sp³-hybridized carbons (Fsp3) is 1.00. The zero-order chi connectivity index (χ0) is 11.5. The van der Waals surface area contributed by atoms with Gasteiger partial charge in [0.15, 0.2) is 0 Å². The minimum absolute atomic E-state index is 0.541.